The summed E-state index contributed by atoms with van der Waals surface area (Å²) in [6, 6.07) is 8.51. The number of hydrogen-bond donors (Lipinski definition) is 2. The Morgan fingerprint density at radius 1 is 1.18 bits per heavy atom. The Hall–Kier alpha value is -3.30. The van der Waals surface area contributed by atoms with Crippen LogP contribution in [0.4, 0.5) is 14.5 Å². The zero-order valence-electron chi connectivity index (χ0n) is 19.8. The zero-order chi connectivity index (χ0) is 25.0. The minimum Gasteiger partial charge on any atom is -0.504 e. The van der Waals surface area contributed by atoms with Gasteiger partial charge in [0.15, 0.2) is 17.1 Å². The van der Waals surface area contributed by atoms with Crippen LogP contribution in [-0.4, -0.2) is 40.0 Å². The minimum atomic E-state index is -3.10. The highest BCUT2D eigenvalue weighted by atomic mass is 19.3. The molecule has 1 aromatic heterocycles. The molecule has 2 N–H and O–H groups in total. The molecule has 34 heavy (non-hydrogen) atoms. The average Bonchev–Trinajstić information content (AvgIpc) is 2.78. The SMILES string of the molecule is CC(=O)ONC(=O)c1nc(CC2CCN(c3ccc(C(C)(C)C)cc3)CC2)nc(C(F)F)c1O. The first-order valence-electron chi connectivity index (χ1n) is 11.2. The molecule has 3 rings (SSSR count). The molecular weight excluding hydrogens is 446 g/mol. The van der Waals surface area contributed by atoms with E-state index in [1.54, 1.807) is 5.48 Å². The standard InChI is InChI=1S/C24H30F2N4O4/c1-14(31)34-29-23(33)20-21(32)19(22(25)26)27-18(28-20)13-15-9-11-30(12-10-15)17-7-5-16(6-8-17)24(2,3)4/h5-8,15,22,32H,9-13H2,1-4H3,(H,29,33). The number of hydrogen-bond acceptors (Lipinski definition) is 7. The summed E-state index contributed by atoms with van der Waals surface area (Å²) in [5.74, 6) is -2.78. The lowest BCUT2D eigenvalue weighted by Crippen LogP contribution is -2.34. The Bertz CT molecular complexity index is 1030. The molecule has 8 nitrogen and oxygen atoms in total. The second-order valence-electron chi connectivity index (χ2n) is 9.48. The fourth-order valence-electron chi connectivity index (χ4n) is 3.91. The summed E-state index contributed by atoms with van der Waals surface area (Å²) < 4.78 is 26.8. The third-order valence-electron chi connectivity index (χ3n) is 5.85. The van der Waals surface area contributed by atoms with E-state index in [-0.39, 0.29) is 23.6 Å². The van der Waals surface area contributed by atoms with Gasteiger partial charge < -0.3 is 14.8 Å². The van der Waals surface area contributed by atoms with Crippen LogP contribution in [-0.2, 0) is 21.5 Å². The molecule has 0 unspecified atom stereocenters. The van der Waals surface area contributed by atoms with Gasteiger partial charge in [0.05, 0.1) is 0 Å². The molecule has 1 amide bonds. The number of aromatic hydroxyl groups is 1. The number of carbonyl (C=O) groups excluding carboxylic acids is 2. The van der Waals surface area contributed by atoms with Gasteiger partial charge in [-0.1, -0.05) is 32.9 Å². The summed E-state index contributed by atoms with van der Waals surface area (Å²) in [6.07, 6.45) is -1.22. The Morgan fingerprint density at radius 2 is 1.79 bits per heavy atom. The molecule has 0 atom stereocenters. The number of piperidine rings is 1. The van der Waals surface area contributed by atoms with E-state index < -0.39 is 35.4 Å². The molecule has 1 aromatic carbocycles. The summed E-state index contributed by atoms with van der Waals surface area (Å²) in [6.45, 7) is 9.15. The van der Waals surface area contributed by atoms with Gasteiger partial charge in [-0.15, -0.1) is 0 Å². The maximum Gasteiger partial charge on any atom is 0.329 e. The number of nitrogens with zero attached hydrogens (tertiary/aromatic N) is 3. The lowest BCUT2D eigenvalue weighted by Gasteiger charge is -2.34. The summed E-state index contributed by atoms with van der Waals surface area (Å²) in [5.41, 5.74) is 2.69. The van der Waals surface area contributed by atoms with Crippen LogP contribution in [0.3, 0.4) is 0 Å². The Labute approximate surface area is 197 Å². The number of rotatable bonds is 5. The first-order chi connectivity index (χ1) is 16.0. The van der Waals surface area contributed by atoms with E-state index in [1.807, 2.05) is 0 Å². The smallest absolute Gasteiger partial charge is 0.329 e. The number of amides is 1. The predicted octanol–water partition coefficient (Wildman–Crippen LogP) is 4.08. The second-order valence-corrected chi connectivity index (χ2v) is 9.48. The fraction of sp³-hybridized carbons (Fsp3) is 0.500. The number of hydroxylamine groups is 1. The van der Waals surface area contributed by atoms with Crippen LogP contribution in [0.5, 0.6) is 5.75 Å². The van der Waals surface area contributed by atoms with Gasteiger partial charge in [-0.3, -0.25) is 9.59 Å². The molecule has 1 aliphatic heterocycles. The summed E-state index contributed by atoms with van der Waals surface area (Å²) in [5, 5.41) is 10.0. The summed E-state index contributed by atoms with van der Waals surface area (Å²) in [4.78, 5) is 37.5. The highest BCUT2D eigenvalue weighted by molar-refractivity contribution is 5.95. The number of nitrogens with one attached hydrogen (secondary N) is 1. The number of alkyl halides is 2. The van der Waals surface area contributed by atoms with E-state index >= 15 is 0 Å². The van der Waals surface area contributed by atoms with Crippen LogP contribution in [0.2, 0.25) is 0 Å². The van der Waals surface area contributed by atoms with Crippen molar-refractivity contribution in [2.75, 3.05) is 18.0 Å². The Balaban J connectivity index is 1.69. The molecule has 1 fully saturated rings. The van der Waals surface area contributed by atoms with Gasteiger partial charge in [-0.25, -0.2) is 18.7 Å². The van der Waals surface area contributed by atoms with E-state index in [0.717, 1.165) is 38.5 Å². The molecule has 10 heteroatoms. The van der Waals surface area contributed by atoms with Crippen molar-refractivity contribution >= 4 is 17.6 Å². The fourth-order valence-corrected chi connectivity index (χ4v) is 3.91. The largest absolute Gasteiger partial charge is 0.504 e. The molecule has 0 aliphatic carbocycles. The van der Waals surface area contributed by atoms with Gasteiger partial charge in [-0.2, -0.15) is 5.48 Å². The normalized spacial score (nSPS) is 14.9. The summed E-state index contributed by atoms with van der Waals surface area (Å²) >= 11 is 0. The van der Waals surface area contributed by atoms with Crippen molar-refractivity contribution in [3.05, 3.63) is 47.0 Å². The number of aromatic nitrogens is 2. The van der Waals surface area contributed by atoms with E-state index in [4.69, 9.17) is 0 Å². The molecule has 1 saturated heterocycles. The lowest BCUT2D eigenvalue weighted by molar-refractivity contribution is -0.146. The van der Waals surface area contributed by atoms with E-state index in [9.17, 15) is 23.5 Å². The van der Waals surface area contributed by atoms with Crippen LogP contribution in [0, 0.1) is 5.92 Å². The Kier molecular flexibility index (Phi) is 7.68. The monoisotopic (exact) mass is 476 g/mol. The van der Waals surface area contributed by atoms with Crippen molar-refractivity contribution in [2.45, 2.75) is 58.8 Å². The minimum absolute atomic E-state index is 0.0362. The third kappa shape index (κ3) is 6.18. The van der Waals surface area contributed by atoms with E-state index in [1.165, 1.54) is 5.56 Å². The molecule has 1 aliphatic rings. The van der Waals surface area contributed by atoms with Crippen molar-refractivity contribution in [1.29, 1.82) is 0 Å². The van der Waals surface area contributed by atoms with Crippen molar-refractivity contribution < 1.29 is 28.3 Å². The average molecular weight is 477 g/mol. The molecule has 2 aromatic rings. The zero-order valence-corrected chi connectivity index (χ0v) is 19.8. The number of halogens is 2. The first-order valence-corrected chi connectivity index (χ1v) is 11.2. The summed E-state index contributed by atoms with van der Waals surface area (Å²) in [7, 11) is 0. The quantitative estimate of drug-likeness (QED) is 0.627. The molecule has 0 spiro atoms. The molecule has 0 bridgehead atoms. The molecular formula is C24H30F2N4O4. The van der Waals surface area contributed by atoms with Gasteiger partial charge in [0.25, 0.3) is 6.43 Å². The van der Waals surface area contributed by atoms with Gasteiger partial charge in [0, 0.05) is 32.1 Å². The van der Waals surface area contributed by atoms with Crippen LogP contribution in [0.25, 0.3) is 0 Å². The van der Waals surface area contributed by atoms with E-state index in [0.29, 0.717) is 0 Å². The van der Waals surface area contributed by atoms with Crippen LogP contribution in [0.1, 0.15) is 74.5 Å². The van der Waals surface area contributed by atoms with Crippen LogP contribution in [0.15, 0.2) is 24.3 Å². The van der Waals surface area contributed by atoms with Crippen LogP contribution < -0.4 is 10.4 Å². The maximum absolute atomic E-state index is 13.4. The first kappa shape index (κ1) is 25.3. The molecule has 2 heterocycles. The van der Waals surface area contributed by atoms with Crippen molar-refractivity contribution in [2.24, 2.45) is 5.92 Å². The molecule has 0 radical (unpaired) electrons. The lowest BCUT2D eigenvalue weighted by atomic mass is 9.87. The van der Waals surface area contributed by atoms with Crippen molar-refractivity contribution in [1.82, 2.24) is 15.4 Å². The predicted molar refractivity (Wildman–Crippen MR) is 122 cm³/mol. The molecule has 0 saturated carbocycles. The van der Waals surface area contributed by atoms with Gasteiger partial charge >= 0.3 is 11.9 Å². The topological polar surface area (TPSA) is 105 Å². The van der Waals surface area contributed by atoms with Gasteiger partial charge in [0.1, 0.15) is 5.82 Å². The third-order valence-corrected chi connectivity index (χ3v) is 5.85. The number of benzene rings is 1. The van der Waals surface area contributed by atoms with Crippen molar-refractivity contribution in [3.63, 3.8) is 0 Å². The maximum atomic E-state index is 13.4. The van der Waals surface area contributed by atoms with E-state index in [2.05, 4.69) is 64.7 Å². The van der Waals surface area contributed by atoms with Crippen LogP contribution >= 0.6 is 0 Å². The molecule has 184 valence electrons. The number of carbonyl (C=O) groups is 2. The van der Waals surface area contributed by atoms with Crippen molar-refractivity contribution in [3.8, 4) is 5.75 Å². The highest BCUT2D eigenvalue weighted by Crippen LogP contribution is 2.31. The van der Waals surface area contributed by atoms with Gasteiger partial charge in [0.2, 0.25) is 0 Å². The number of anilines is 1. The van der Waals surface area contributed by atoms with Gasteiger partial charge in [-0.05, 0) is 41.9 Å². The Morgan fingerprint density at radius 3 is 2.32 bits per heavy atom. The second kappa shape index (κ2) is 10.3. The highest BCUT2D eigenvalue weighted by Gasteiger charge is 2.27.